The van der Waals surface area contributed by atoms with Crippen molar-refractivity contribution in [1.82, 2.24) is 14.9 Å². The molecule has 206 valence electrons. The van der Waals surface area contributed by atoms with Crippen LogP contribution in [0, 0.1) is 11.2 Å². The van der Waals surface area contributed by atoms with Crippen molar-refractivity contribution in [1.29, 1.82) is 0 Å². The molecule has 1 aromatic heterocycles. The maximum atomic E-state index is 14.5. The number of likely N-dealkylation sites (tertiary alicyclic amines) is 1. The fraction of sp³-hybridized carbons (Fsp3) is 0.452. The molecule has 5 rings (SSSR count). The zero-order valence-corrected chi connectivity index (χ0v) is 23.4. The number of hydrogen-bond acceptors (Lipinski definition) is 6. The van der Waals surface area contributed by atoms with Gasteiger partial charge in [0.05, 0.1) is 6.20 Å². The van der Waals surface area contributed by atoms with Crippen molar-refractivity contribution < 1.29 is 18.7 Å². The first-order valence-electron chi connectivity index (χ1n) is 13.6. The smallest absolute Gasteiger partial charge is 0.410 e. The summed E-state index contributed by atoms with van der Waals surface area (Å²) in [5, 5.41) is 0. The largest absolute Gasteiger partial charge is 0.451 e. The van der Waals surface area contributed by atoms with Crippen molar-refractivity contribution in [2.75, 3.05) is 31.1 Å². The van der Waals surface area contributed by atoms with Gasteiger partial charge in [0.25, 0.3) is 0 Å². The summed E-state index contributed by atoms with van der Waals surface area (Å²) in [6.45, 7) is 12.8. The second-order valence-corrected chi connectivity index (χ2v) is 12.0. The molecule has 0 saturated carbocycles. The van der Waals surface area contributed by atoms with Gasteiger partial charge in [0, 0.05) is 37.2 Å². The number of carbonyl (C=O) groups is 1. The van der Waals surface area contributed by atoms with E-state index in [-0.39, 0.29) is 23.2 Å². The minimum absolute atomic E-state index is 0.0175. The summed E-state index contributed by atoms with van der Waals surface area (Å²) >= 11 is 0. The van der Waals surface area contributed by atoms with Gasteiger partial charge in [-0.25, -0.2) is 19.2 Å². The summed E-state index contributed by atoms with van der Waals surface area (Å²) in [4.78, 5) is 25.5. The molecule has 2 aliphatic heterocycles. The van der Waals surface area contributed by atoms with Crippen LogP contribution < -0.4 is 9.64 Å². The number of hydrogen-bond donors (Lipinski definition) is 0. The molecule has 2 aromatic carbocycles. The Morgan fingerprint density at radius 2 is 1.79 bits per heavy atom. The van der Waals surface area contributed by atoms with Crippen molar-refractivity contribution >= 4 is 11.9 Å². The predicted octanol–water partition coefficient (Wildman–Crippen LogP) is 7.04. The van der Waals surface area contributed by atoms with Crippen LogP contribution in [0.4, 0.5) is 15.0 Å². The predicted molar refractivity (Wildman–Crippen MR) is 150 cm³/mol. The number of carbonyl (C=O) groups excluding carboxylic acids is 1. The molecule has 8 heteroatoms. The molecule has 2 saturated heterocycles. The topological polar surface area (TPSA) is 67.8 Å². The van der Waals surface area contributed by atoms with E-state index in [1.54, 1.807) is 12.3 Å². The highest BCUT2D eigenvalue weighted by atomic mass is 19.1. The Morgan fingerprint density at radius 3 is 2.56 bits per heavy atom. The summed E-state index contributed by atoms with van der Waals surface area (Å²) in [5.74, 6) is 1.71. The Morgan fingerprint density at radius 1 is 1.03 bits per heavy atom. The first kappa shape index (κ1) is 26.9. The highest BCUT2D eigenvalue weighted by molar-refractivity contribution is 5.75. The molecule has 0 radical (unpaired) electrons. The molecule has 1 atom stereocenters. The molecule has 0 N–H and O–H groups in total. The lowest BCUT2D eigenvalue weighted by molar-refractivity contribution is 0.0276. The summed E-state index contributed by atoms with van der Waals surface area (Å²) in [6.07, 6.45) is 4.79. The lowest BCUT2D eigenvalue weighted by Gasteiger charge is -2.27. The van der Waals surface area contributed by atoms with E-state index in [4.69, 9.17) is 9.47 Å². The first-order valence-corrected chi connectivity index (χ1v) is 13.6. The van der Waals surface area contributed by atoms with E-state index < -0.39 is 5.60 Å². The summed E-state index contributed by atoms with van der Waals surface area (Å²) in [7, 11) is 0. The third-order valence-electron chi connectivity index (χ3n) is 7.52. The Bertz CT molecular complexity index is 1360. The van der Waals surface area contributed by atoms with Crippen LogP contribution in [0.5, 0.6) is 11.5 Å². The number of nitrogens with zero attached hydrogens (tertiary/aromatic N) is 4. The quantitative estimate of drug-likeness (QED) is 0.351. The molecule has 1 amide bonds. The molecule has 39 heavy (non-hydrogen) atoms. The number of ether oxygens (including phenoxy) is 2. The van der Waals surface area contributed by atoms with Gasteiger partial charge in [-0.2, -0.15) is 0 Å². The van der Waals surface area contributed by atoms with Crippen molar-refractivity contribution in [2.24, 2.45) is 5.41 Å². The van der Waals surface area contributed by atoms with Crippen molar-refractivity contribution in [3.8, 4) is 22.6 Å². The van der Waals surface area contributed by atoms with E-state index in [2.05, 4.69) is 34.8 Å². The number of benzene rings is 2. The van der Waals surface area contributed by atoms with Gasteiger partial charge in [-0.3, -0.25) is 0 Å². The monoisotopic (exact) mass is 532 g/mol. The number of aromatic nitrogens is 2. The lowest BCUT2D eigenvalue weighted by Crippen LogP contribution is -2.37. The molecule has 0 bridgehead atoms. The van der Waals surface area contributed by atoms with Crippen LogP contribution in [-0.4, -0.2) is 52.7 Å². The first-order chi connectivity index (χ1) is 18.5. The van der Waals surface area contributed by atoms with Crippen molar-refractivity contribution in [3.05, 3.63) is 66.4 Å². The van der Waals surface area contributed by atoms with Gasteiger partial charge < -0.3 is 19.3 Å². The Kier molecular flexibility index (Phi) is 7.23. The van der Waals surface area contributed by atoms with Crippen LogP contribution >= 0.6 is 0 Å². The van der Waals surface area contributed by atoms with Gasteiger partial charge in [0.15, 0.2) is 11.6 Å². The average Bonchev–Trinajstić information content (AvgIpc) is 3.51. The molecule has 3 aromatic rings. The molecule has 2 fully saturated rings. The van der Waals surface area contributed by atoms with Gasteiger partial charge in [-0.15, -0.1) is 0 Å². The standard InChI is InChI=1S/C31H37FN4O3/c1-21(2)23-8-6-7-9-24(23)25-16-22(32)10-11-26(25)38-27-17-33-20-34-28(27)35-14-12-31(18-35)13-15-36(19-31)29(37)39-30(3,4)5/h6-11,16-17,20-21H,12-15,18-19H2,1-5H3. The van der Waals surface area contributed by atoms with E-state index in [1.807, 2.05) is 43.9 Å². The summed E-state index contributed by atoms with van der Waals surface area (Å²) in [6, 6.07) is 12.6. The minimum atomic E-state index is -0.517. The zero-order chi connectivity index (χ0) is 27.8. The van der Waals surface area contributed by atoms with Gasteiger partial charge in [-0.1, -0.05) is 38.1 Å². The normalized spacial score (nSPS) is 19.3. The molecule has 7 nitrogen and oxygen atoms in total. The van der Waals surface area contributed by atoms with Crippen LogP contribution in [0.15, 0.2) is 55.0 Å². The second-order valence-electron chi connectivity index (χ2n) is 12.0. The van der Waals surface area contributed by atoms with E-state index in [9.17, 15) is 9.18 Å². The summed E-state index contributed by atoms with van der Waals surface area (Å²) < 4.78 is 26.5. The van der Waals surface area contributed by atoms with E-state index in [1.165, 1.54) is 18.5 Å². The maximum Gasteiger partial charge on any atom is 0.410 e. The third-order valence-corrected chi connectivity index (χ3v) is 7.52. The third kappa shape index (κ3) is 5.84. The van der Waals surface area contributed by atoms with Crippen LogP contribution in [0.2, 0.25) is 0 Å². The van der Waals surface area contributed by atoms with Gasteiger partial charge in [0.2, 0.25) is 0 Å². The van der Waals surface area contributed by atoms with Crippen LogP contribution in [0.25, 0.3) is 11.1 Å². The Hall–Kier alpha value is -3.68. The molecular formula is C31H37FN4O3. The van der Waals surface area contributed by atoms with Gasteiger partial charge in [-0.05, 0) is 68.9 Å². The zero-order valence-electron chi connectivity index (χ0n) is 23.4. The number of halogens is 1. The van der Waals surface area contributed by atoms with E-state index in [0.717, 1.165) is 37.1 Å². The molecule has 1 spiro atoms. The molecular weight excluding hydrogens is 495 g/mol. The van der Waals surface area contributed by atoms with Crippen LogP contribution in [-0.2, 0) is 4.74 Å². The maximum absolute atomic E-state index is 14.5. The second kappa shape index (κ2) is 10.5. The van der Waals surface area contributed by atoms with E-state index >= 15 is 0 Å². The average molecular weight is 533 g/mol. The highest BCUT2D eigenvalue weighted by Gasteiger charge is 2.46. The Balaban J connectivity index is 1.38. The molecule has 3 heterocycles. The highest BCUT2D eigenvalue weighted by Crippen LogP contribution is 2.44. The molecule has 2 aliphatic rings. The SMILES string of the molecule is CC(C)c1ccccc1-c1cc(F)ccc1Oc1cncnc1N1CCC2(CCN(C(=O)OC(C)(C)C)C2)C1. The number of amides is 1. The number of rotatable bonds is 5. The van der Waals surface area contributed by atoms with Crippen LogP contribution in [0.3, 0.4) is 0 Å². The van der Waals surface area contributed by atoms with Gasteiger partial charge >= 0.3 is 6.09 Å². The van der Waals surface area contributed by atoms with Gasteiger partial charge in [0.1, 0.15) is 23.5 Å². The lowest BCUT2D eigenvalue weighted by atomic mass is 9.86. The fourth-order valence-electron chi connectivity index (χ4n) is 5.65. The van der Waals surface area contributed by atoms with Crippen molar-refractivity contribution in [2.45, 2.75) is 59.0 Å². The molecule has 1 unspecified atom stereocenters. The fourth-order valence-corrected chi connectivity index (χ4v) is 5.65. The van der Waals surface area contributed by atoms with Crippen molar-refractivity contribution in [3.63, 3.8) is 0 Å². The number of anilines is 1. The van der Waals surface area contributed by atoms with E-state index in [0.29, 0.717) is 36.0 Å². The minimum Gasteiger partial charge on any atom is -0.451 e. The molecule has 0 aliphatic carbocycles. The summed E-state index contributed by atoms with van der Waals surface area (Å²) in [5.41, 5.74) is 2.21. The Labute approximate surface area is 230 Å². The van der Waals surface area contributed by atoms with Crippen LogP contribution in [0.1, 0.15) is 58.9 Å².